The first-order chi connectivity index (χ1) is 22.8. The lowest BCUT2D eigenvalue weighted by atomic mass is 9.84. The van der Waals surface area contributed by atoms with Crippen molar-refractivity contribution in [2.75, 3.05) is 0 Å². The first kappa shape index (κ1) is 26.4. The van der Waals surface area contributed by atoms with Crippen molar-refractivity contribution in [3.63, 3.8) is 0 Å². The number of rotatable bonds is 4. The molecule has 214 valence electrons. The third kappa shape index (κ3) is 4.30. The first-order valence-electron chi connectivity index (χ1n) is 15.9. The topological polar surface area (TPSA) is 0 Å². The van der Waals surface area contributed by atoms with Gasteiger partial charge in [-0.2, -0.15) is 0 Å². The quantitative estimate of drug-likeness (QED) is 0.181. The van der Waals surface area contributed by atoms with E-state index in [0.717, 1.165) is 0 Å². The minimum absolute atomic E-state index is 1.22. The third-order valence-electron chi connectivity index (χ3n) is 9.44. The summed E-state index contributed by atoms with van der Waals surface area (Å²) >= 11 is 0. The summed E-state index contributed by atoms with van der Waals surface area (Å²) in [5, 5.41) is 10.1. The maximum Gasteiger partial charge on any atom is -0.00201 e. The zero-order chi connectivity index (χ0) is 30.5. The second-order valence-electron chi connectivity index (χ2n) is 12.1. The Labute approximate surface area is 268 Å². The highest BCUT2D eigenvalue weighted by Crippen LogP contribution is 2.45. The SMILES string of the molecule is c1ccc(-c2c3ccccc3c(-c3cccc4ccc(-c5cccc(-c6cccc7ccccc67)c5)cc34)c3ccccc23)cc1. The molecule has 0 aromatic heterocycles. The van der Waals surface area contributed by atoms with Crippen LogP contribution in [0.25, 0.3) is 87.6 Å². The van der Waals surface area contributed by atoms with Gasteiger partial charge in [0.05, 0.1) is 0 Å². The largest absolute Gasteiger partial charge is 0.0622 e. The molecule has 9 rings (SSSR count). The van der Waals surface area contributed by atoms with Crippen LogP contribution in [0.1, 0.15) is 0 Å². The normalized spacial score (nSPS) is 11.5. The van der Waals surface area contributed by atoms with Gasteiger partial charge in [0.15, 0.2) is 0 Å². The predicted molar refractivity (Wildman–Crippen MR) is 198 cm³/mol. The number of hydrogen-bond acceptors (Lipinski definition) is 0. The lowest BCUT2D eigenvalue weighted by molar-refractivity contribution is 1.62. The fourth-order valence-corrected chi connectivity index (χ4v) is 7.35. The van der Waals surface area contributed by atoms with E-state index >= 15 is 0 Å². The van der Waals surface area contributed by atoms with Crippen LogP contribution in [0.4, 0.5) is 0 Å². The van der Waals surface area contributed by atoms with E-state index in [2.05, 4.69) is 182 Å². The van der Waals surface area contributed by atoms with Crippen molar-refractivity contribution in [2.45, 2.75) is 0 Å². The Kier molecular flexibility index (Phi) is 6.25. The van der Waals surface area contributed by atoms with E-state index in [9.17, 15) is 0 Å². The van der Waals surface area contributed by atoms with E-state index in [1.807, 2.05) is 0 Å². The van der Waals surface area contributed by atoms with Crippen LogP contribution in [0.5, 0.6) is 0 Å². The van der Waals surface area contributed by atoms with Crippen molar-refractivity contribution < 1.29 is 0 Å². The van der Waals surface area contributed by atoms with Gasteiger partial charge in [-0.3, -0.25) is 0 Å². The van der Waals surface area contributed by atoms with Crippen LogP contribution in [0.3, 0.4) is 0 Å². The number of fused-ring (bicyclic) bond motifs is 4. The highest BCUT2D eigenvalue weighted by molar-refractivity contribution is 6.23. The van der Waals surface area contributed by atoms with Crippen molar-refractivity contribution in [1.82, 2.24) is 0 Å². The van der Waals surface area contributed by atoms with Gasteiger partial charge in [0, 0.05) is 0 Å². The Morgan fingerprint density at radius 2 is 0.696 bits per heavy atom. The Balaban J connectivity index is 1.28. The van der Waals surface area contributed by atoms with Crippen LogP contribution < -0.4 is 0 Å². The fraction of sp³-hybridized carbons (Fsp3) is 0. The van der Waals surface area contributed by atoms with Crippen molar-refractivity contribution in [3.8, 4) is 44.5 Å². The Morgan fingerprint density at radius 1 is 0.217 bits per heavy atom. The minimum atomic E-state index is 1.22. The first-order valence-corrected chi connectivity index (χ1v) is 15.9. The molecule has 9 aromatic carbocycles. The van der Waals surface area contributed by atoms with Gasteiger partial charge in [0.1, 0.15) is 0 Å². The second kappa shape index (κ2) is 10.9. The van der Waals surface area contributed by atoms with Crippen LogP contribution >= 0.6 is 0 Å². The van der Waals surface area contributed by atoms with Crippen LogP contribution in [-0.2, 0) is 0 Å². The highest BCUT2D eigenvalue weighted by atomic mass is 14.2. The maximum atomic E-state index is 2.39. The predicted octanol–water partition coefficient (Wildman–Crippen LogP) is 13.0. The molecule has 0 amide bonds. The molecule has 0 unspecified atom stereocenters. The summed E-state index contributed by atoms with van der Waals surface area (Å²) in [6.45, 7) is 0. The fourth-order valence-electron chi connectivity index (χ4n) is 7.35. The minimum Gasteiger partial charge on any atom is -0.0622 e. The molecule has 0 aliphatic rings. The lowest BCUT2D eigenvalue weighted by Gasteiger charge is -2.19. The molecule has 9 aromatic rings. The average molecular weight is 583 g/mol. The number of benzene rings is 9. The smallest absolute Gasteiger partial charge is 0.00201 e. The van der Waals surface area contributed by atoms with Gasteiger partial charge < -0.3 is 0 Å². The molecular weight excluding hydrogens is 553 g/mol. The van der Waals surface area contributed by atoms with E-state index in [4.69, 9.17) is 0 Å². The average Bonchev–Trinajstić information content (AvgIpc) is 3.13. The second-order valence-corrected chi connectivity index (χ2v) is 12.1. The van der Waals surface area contributed by atoms with E-state index in [0.29, 0.717) is 0 Å². The molecule has 46 heavy (non-hydrogen) atoms. The van der Waals surface area contributed by atoms with Crippen LogP contribution in [0.2, 0.25) is 0 Å². The van der Waals surface area contributed by atoms with Gasteiger partial charge in [-0.05, 0) is 99.7 Å². The van der Waals surface area contributed by atoms with Crippen LogP contribution in [0.15, 0.2) is 182 Å². The van der Waals surface area contributed by atoms with Gasteiger partial charge in [0.2, 0.25) is 0 Å². The molecular formula is C46H30. The monoisotopic (exact) mass is 582 g/mol. The van der Waals surface area contributed by atoms with E-state index in [1.165, 1.54) is 87.6 Å². The Bertz CT molecular complexity index is 2510. The Morgan fingerprint density at radius 3 is 1.41 bits per heavy atom. The molecule has 0 atom stereocenters. The van der Waals surface area contributed by atoms with Crippen molar-refractivity contribution in [2.24, 2.45) is 0 Å². The summed E-state index contributed by atoms with van der Waals surface area (Å²) in [7, 11) is 0. The molecule has 0 heterocycles. The molecule has 0 spiro atoms. The van der Waals surface area contributed by atoms with E-state index in [-0.39, 0.29) is 0 Å². The standard InChI is InChI=1S/C46H30/c1-2-14-33(15-3-1)45-39-21-6-8-23-41(39)46(42-24-9-7-22-40(42)45)43-26-12-17-32-27-28-35(30-44(32)43)34-18-10-19-36(29-34)38-25-11-16-31-13-4-5-20-37(31)38/h1-30H. The lowest BCUT2D eigenvalue weighted by Crippen LogP contribution is -1.91. The zero-order valence-corrected chi connectivity index (χ0v) is 25.3. The molecule has 0 saturated carbocycles. The zero-order valence-electron chi connectivity index (χ0n) is 25.3. The van der Waals surface area contributed by atoms with Crippen molar-refractivity contribution >= 4 is 43.1 Å². The van der Waals surface area contributed by atoms with Gasteiger partial charge in [-0.15, -0.1) is 0 Å². The molecule has 0 N–H and O–H groups in total. The molecule has 0 aliphatic carbocycles. The summed E-state index contributed by atoms with van der Waals surface area (Å²) in [5.41, 5.74) is 10.0. The summed E-state index contributed by atoms with van der Waals surface area (Å²) in [6, 6.07) is 66.5. The summed E-state index contributed by atoms with van der Waals surface area (Å²) in [5.74, 6) is 0. The van der Waals surface area contributed by atoms with Gasteiger partial charge in [-0.25, -0.2) is 0 Å². The van der Waals surface area contributed by atoms with E-state index in [1.54, 1.807) is 0 Å². The summed E-state index contributed by atoms with van der Waals surface area (Å²) in [6.07, 6.45) is 0. The van der Waals surface area contributed by atoms with E-state index < -0.39 is 0 Å². The summed E-state index contributed by atoms with van der Waals surface area (Å²) < 4.78 is 0. The molecule has 0 aliphatic heterocycles. The Hall–Kier alpha value is -5.98. The van der Waals surface area contributed by atoms with Crippen LogP contribution in [-0.4, -0.2) is 0 Å². The van der Waals surface area contributed by atoms with Crippen LogP contribution in [0, 0.1) is 0 Å². The number of hydrogen-bond donors (Lipinski definition) is 0. The molecule has 0 radical (unpaired) electrons. The molecule has 0 saturated heterocycles. The molecule has 0 heteroatoms. The van der Waals surface area contributed by atoms with Gasteiger partial charge in [-0.1, -0.05) is 170 Å². The maximum absolute atomic E-state index is 2.39. The van der Waals surface area contributed by atoms with Gasteiger partial charge in [0.25, 0.3) is 0 Å². The van der Waals surface area contributed by atoms with Gasteiger partial charge >= 0.3 is 0 Å². The van der Waals surface area contributed by atoms with Crippen molar-refractivity contribution in [3.05, 3.63) is 182 Å². The third-order valence-corrected chi connectivity index (χ3v) is 9.44. The summed E-state index contributed by atoms with van der Waals surface area (Å²) in [4.78, 5) is 0. The molecule has 0 nitrogen and oxygen atoms in total. The molecule has 0 bridgehead atoms. The van der Waals surface area contributed by atoms with Crippen molar-refractivity contribution in [1.29, 1.82) is 0 Å². The highest BCUT2D eigenvalue weighted by Gasteiger charge is 2.18. The molecule has 0 fully saturated rings.